The first kappa shape index (κ1) is 25.3. The maximum Gasteiger partial charge on any atom is 0.264 e. The lowest BCUT2D eigenvalue weighted by atomic mass is 9.91. The van der Waals surface area contributed by atoms with Crippen molar-refractivity contribution in [3.8, 4) is 17.2 Å². The number of fused-ring (bicyclic) bond motifs is 4. The van der Waals surface area contributed by atoms with Gasteiger partial charge in [0.1, 0.15) is 18.5 Å². The van der Waals surface area contributed by atoms with Crippen LogP contribution in [-0.4, -0.2) is 50.3 Å². The number of amides is 1. The van der Waals surface area contributed by atoms with Crippen LogP contribution in [0, 0.1) is 12.8 Å². The number of hydrogen-bond acceptors (Lipinski definition) is 6. The first-order valence-electron chi connectivity index (χ1n) is 13.4. The van der Waals surface area contributed by atoms with Gasteiger partial charge < -0.3 is 24.4 Å². The van der Waals surface area contributed by atoms with E-state index in [-0.39, 0.29) is 18.6 Å². The zero-order chi connectivity index (χ0) is 25.8. The van der Waals surface area contributed by atoms with Gasteiger partial charge in [-0.05, 0) is 100.0 Å². The molecule has 3 aliphatic heterocycles. The highest BCUT2D eigenvalue weighted by Crippen LogP contribution is 2.38. The van der Waals surface area contributed by atoms with Crippen LogP contribution >= 0.6 is 0 Å². The first-order chi connectivity index (χ1) is 18.0. The molecule has 1 fully saturated rings. The molecule has 3 aliphatic rings. The summed E-state index contributed by atoms with van der Waals surface area (Å²) < 4.78 is 17.1. The zero-order valence-corrected chi connectivity index (χ0v) is 22.1. The van der Waals surface area contributed by atoms with Crippen molar-refractivity contribution < 1.29 is 19.0 Å². The number of nitrogens with zero attached hydrogens (tertiary/aromatic N) is 2. The van der Waals surface area contributed by atoms with Gasteiger partial charge in [0, 0.05) is 18.1 Å². The minimum atomic E-state index is 0.0213. The number of aryl methyl sites for hydroxylation is 2. The largest absolute Gasteiger partial charge is 0.486 e. The van der Waals surface area contributed by atoms with E-state index in [0.717, 1.165) is 71.4 Å². The molecule has 1 aromatic heterocycles. The maximum absolute atomic E-state index is 11.7. The Hall–Kier alpha value is -3.32. The Morgan fingerprint density at radius 2 is 1.86 bits per heavy atom. The summed E-state index contributed by atoms with van der Waals surface area (Å²) in [5.74, 6) is 3.34. The van der Waals surface area contributed by atoms with Crippen LogP contribution < -0.4 is 24.4 Å². The second-order valence-electron chi connectivity index (χ2n) is 10.1. The van der Waals surface area contributed by atoms with Crippen LogP contribution in [0.15, 0.2) is 42.5 Å². The molecule has 3 aromatic rings. The number of carbonyl (C=O) groups is 1. The van der Waals surface area contributed by atoms with Gasteiger partial charge >= 0.3 is 0 Å². The van der Waals surface area contributed by atoms with E-state index in [4.69, 9.17) is 14.2 Å². The van der Waals surface area contributed by atoms with Crippen LogP contribution in [0.25, 0.3) is 10.9 Å². The predicted molar refractivity (Wildman–Crippen MR) is 146 cm³/mol. The molecule has 2 aromatic carbocycles. The Bertz CT molecular complexity index is 1260. The molecule has 0 bridgehead atoms. The molecule has 1 amide bonds. The number of ether oxygens (including phenoxy) is 3. The lowest BCUT2D eigenvalue weighted by molar-refractivity contribution is -0.120. The van der Waals surface area contributed by atoms with E-state index >= 15 is 0 Å². The fourth-order valence-corrected chi connectivity index (χ4v) is 5.09. The molecule has 0 radical (unpaired) electrons. The van der Waals surface area contributed by atoms with Crippen LogP contribution in [0.1, 0.15) is 43.9 Å². The van der Waals surface area contributed by atoms with Crippen molar-refractivity contribution in [1.82, 2.24) is 10.3 Å². The van der Waals surface area contributed by atoms with Crippen LogP contribution in [0.4, 0.5) is 5.69 Å². The summed E-state index contributed by atoms with van der Waals surface area (Å²) in [6.45, 7) is 7.18. The third-order valence-electron chi connectivity index (χ3n) is 7.50. The lowest BCUT2D eigenvalue weighted by Gasteiger charge is -2.27. The van der Waals surface area contributed by atoms with Gasteiger partial charge in [0.2, 0.25) is 0 Å². The summed E-state index contributed by atoms with van der Waals surface area (Å²) in [6.07, 6.45) is 5.99. The molecule has 4 heterocycles. The monoisotopic (exact) mass is 503 g/mol. The molecule has 0 unspecified atom stereocenters. The van der Waals surface area contributed by atoms with E-state index in [1.165, 1.54) is 24.8 Å². The van der Waals surface area contributed by atoms with Gasteiger partial charge in [0.25, 0.3) is 5.91 Å². The second-order valence-corrected chi connectivity index (χ2v) is 10.1. The fraction of sp³-hybridized carbons (Fsp3) is 0.467. The zero-order valence-electron chi connectivity index (χ0n) is 22.1. The molecule has 1 atom stereocenters. The van der Waals surface area contributed by atoms with Crippen molar-refractivity contribution in [3.63, 3.8) is 0 Å². The average molecular weight is 504 g/mol. The summed E-state index contributed by atoms with van der Waals surface area (Å²) in [6, 6.07) is 14.2. The molecule has 196 valence electrons. The summed E-state index contributed by atoms with van der Waals surface area (Å²) in [5.41, 5.74) is 4.18. The SMILES string of the molecule is CC[C@H]1COc2ccc3nc(C)ccc3c2O1.CN1C(=O)COc2ccc(CCC3CCNCC3)cc21. The summed E-state index contributed by atoms with van der Waals surface area (Å²) in [4.78, 5) is 17.9. The Balaban J connectivity index is 0.000000153. The van der Waals surface area contributed by atoms with Crippen LogP contribution in [-0.2, 0) is 11.2 Å². The summed E-state index contributed by atoms with van der Waals surface area (Å²) in [5, 5.41) is 4.44. The molecule has 0 aliphatic carbocycles. The number of anilines is 1. The first-order valence-corrected chi connectivity index (χ1v) is 13.4. The van der Waals surface area contributed by atoms with Gasteiger partial charge in [0.05, 0.1) is 11.2 Å². The minimum Gasteiger partial charge on any atom is -0.486 e. The van der Waals surface area contributed by atoms with Crippen molar-refractivity contribution in [3.05, 3.63) is 53.7 Å². The number of carbonyl (C=O) groups excluding carboxylic acids is 1. The molecular weight excluding hydrogens is 466 g/mol. The van der Waals surface area contributed by atoms with E-state index in [9.17, 15) is 4.79 Å². The summed E-state index contributed by atoms with van der Waals surface area (Å²) >= 11 is 0. The molecule has 1 N–H and O–H groups in total. The number of aromatic nitrogens is 1. The molecule has 7 nitrogen and oxygen atoms in total. The number of pyridine rings is 1. The number of nitrogens with one attached hydrogen (secondary N) is 1. The van der Waals surface area contributed by atoms with Gasteiger partial charge in [-0.15, -0.1) is 0 Å². The smallest absolute Gasteiger partial charge is 0.264 e. The standard InChI is InChI=1S/C16H22N2O2.C14H15NO2/c1-18-14-10-13(3-2-12-6-8-17-9-7-12)4-5-15(14)20-11-16(18)19;1-3-10-8-16-13-7-6-12-11(14(13)17-10)5-4-9(2)15-12/h4-5,10,12,17H,2-3,6-9,11H2,1H3;4-7,10H,3,8H2,1-2H3/t;10-/m.0/s1. The van der Waals surface area contributed by atoms with Crippen LogP contribution in [0.5, 0.6) is 17.2 Å². The normalized spacial score (nSPS) is 19.1. The van der Waals surface area contributed by atoms with Gasteiger partial charge in [-0.3, -0.25) is 9.78 Å². The van der Waals surface area contributed by atoms with Crippen LogP contribution in [0.3, 0.4) is 0 Å². The molecule has 0 saturated carbocycles. The molecule has 37 heavy (non-hydrogen) atoms. The summed E-state index contributed by atoms with van der Waals surface area (Å²) in [7, 11) is 1.82. The van der Waals surface area contributed by atoms with Gasteiger partial charge in [0.15, 0.2) is 18.1 Å². The average Bonchev–Trinajstić information content (AvgIpc) is 2.94. The van der Waals surface area contributed by atoms with Crippen molar-refractivity contribution >= 4 is 22.5 Å². The topological polar surface area (TPSA) is 72.9 Å². The number of hydrogen-bond donors (Lipinski definition) is 1. The molecular formula is C30H37N3O4. The lowest BCUT2D eigenvalue weighted by Crippen LogP contribution is -2.35. The van der Waals surface area contributed by atoms with Crippen molar-refractivity contribution in [2.45, 2.75) is 52.1 Å². The third-order valence-corrected chi connectivity index (χ3v) is 7.50. The van der Waals surface area contributed by atoms with E-state index in [0.29, 0.717) is 6.61 Å². The Morgan fingerprint density at radius 1 is 1.05 bits per heavy atom. The predicted octanol–water partition coefficient (Wildman–Crippen LogP) is 5.07. The highest BCUT2D eigenvalue weighted by Gasteiger charge is 2.23. The van der Waals surface area contributed by atoms with Crippen LogP contribution in [0.2, 0.25) is 0 Å². The number of benzene rings is 2. The minimum absolute atomic E-state index is 0.0213. The van der Waals surface area contributed by atoms with Gasteiger partial charge in [-0.2, -0.15) is 0 Å². The highest BCUT2D eigenvalue weighted by atomic mass is 16.6. The number of rotatable bonds is 4. The Morgan fingerprint density at radius 3 is 2.68 bits per heavy atom. The highest BCUT2D eigenvalue weighted by molar-refractivity contribution is 5.97. The van der Waals surface area contributed by atoms with Crippen molar-refractivity contribution in [1.29, 1.82) is 0 Å². The quantitative estimate of drug-likeness (QED) is 0.536. The fourth-order valence-electron chi connectivity index (χ4n) is 5.09. The van der Waals surface area contributed by atoms with Crippen molar-refractivity contribution in [2.24, 2.45) is 5.92 Å². The van der Waals surface area contributed by atoms with Gasteiger partial charge in [-0.25, -0.2) is 0 Å². The van der Waals surface area contributed by atoms with Gasteiger partial charge in [-0.1, -0.05) is 13.0 Å². The van der Waals surface area contributed by atoms with Crippen molar-refractivity contribution in [2.75, 3.05) is 38.3 Å². The molecule has 6 rings (SSSR count). The number of likely N-dealkylation sites (N-methyl/N-ethyl adjacent to an activating group) is 1. The third kappa shape index (κ3) is 5.82. The molecule has 0 spiro atoms. The second kappa shape index (κ2) is 11.4. The van der Waals surface area contributed by atoms with E-state index in [1.54, 1.807) is 4.90 Å². The Kier molecular flexibility index (Phi) is 7.79. The Labute approximate surface area is 219 Å². The maximum atomic E-state index is 11.7. The van der Waals surface area contributed by atoms with E-state index in [1.807, 2.05) is 38.2 Å². The van der Waals surface area contributed by atoms with E-state index < -0.39 is 0 Å². The molecule has 7 heteroatoms. The molecule has 1 saturated heterocycles. The number of piperidine rings is 1. The van der Waals surface area contributed by atoms with E-state index in [2.05, 4.69) is 35.4 Å².